The molecule has 0 aliphatic heterocycles. The highest BCUT2D eigenvalue weighted by Gasteiger charge is 2.03. The molecule has 0 radical (unpaired) electrons. The SMILES string of the molecule is Cc1ccc(CC(C)C)c(CO)c1. The van der Waals surface area contributed by atoms with Gasteiger partial charge in [0.1, 0.15) is 0 Å². The summed E-state index contributed by atoms with van der Waals surface area (Å²) in [5.41, 5.74) is 3.58. The Balaban J connectivity index is 2.92. The van der Waals surface area contributed by atoms with Gasteiger partial charge >= 0.3 is 0 Å². The van der Waals surface area contributed by atoms with Crippen molar-refractivity contribution < 1.29 is 5.11 Å². The summed E-state index contributed by atoms with van der Waals surface area (Å²) >= 11 is 0. The van der Waals surface area contributed by atoms with Crippen LogP contribution in [0.3, 0.4) is 0 Å². The van der Waals surface area contributed by atoms with Crippen LogP contribution in [0.4, 0.5) is 0 Å². The molecule has 0 aliphatic carbocycles. The molecule has 0 aromatic heterocycles. The minimum absolute atomic E-state index is 0.156. The van der Waals surface area contributed by atoms with Gasteiger partial charge in [0.25, 0.3) is 0 Å². The Hall–Kier alpha value is -0.820. The average Bonchev–Trinajstić information content (AvgIpc) is 2.07. The van der Waals surface area contributed by atoms with Crippen LogP contribution in [0, 0.1) is 12.8 Å². The van der Waals surface area contributed by atoms with Crippen LogP contribution in [0.2, 0.25) is 0 Å². The normalized spacial score (nSPS) is 10.8. The minimum atomic E-state index is 0.156. The molecule has 0 heterocycles. The largest absolute Gasteiger partial charge is 0.392 e. The summed E-state index contributed by atoms with van der Waals surface area (Å²) in [4.78, 5) is 0. The van der Waals surface area contributed by atoms with Crippen molar-refractivity contribution in [2.75, 3.05) is 0 Å². The maximum absolute atomic E-state index is 9.16. The maximum Gasteiger partial charge on any atom is 0.0684 e. The van der Waals surface area contributed by atoms with Crippen LogP contribution in [0.15, 0.2) is 18.2 Å². The van der Waals surface area contributed by atoms with Crippen molar-refractivity contribution >= 4 is 0 Å². The zero-order valence-electron chi connectivity index (χ0n) is 8.67. The predicted molar refractivity (Wildman–Crippen MR) is 55.6 cm³/mol. The Bertz CT molecular complexity index is 276. The Morgan fingerprint density at radius 2 is 1.92 bits per heavy atom. The zero-order valence-corrected chi connectivity index (χ0v) is 8.67. The van der Waals surface area contributed by atoms with Gasteiger partial charge < -0.3 is 5.11 Å². The lowest BCUT2D eigenvalue weighted by Crippen LogP contribution is -1.99. The van der Waals surface area contributed by atoms with Gasteiger partial charge in [-0.2, -0.15) is 0 Å². The van der Waals surface area contributed by atoms with Crippen molar-refractivity contribution in [1.29, 1.82) is 0 Å². The monoisotopic (exact) mass is 178 g/mol. The quantitative estimate of drug-likeness (QED) is 0.754. The van der Waals surface area contributed by atoms with E-state index in [0.29, 0.717) is 5.92 Å². The van der Waals surface area contributed by atoms with Crippen molar-refractivity contribution in [3.05, 3.63) is 34.9 Å². The van der Waals surface area contributed by atoms with Gasteiger partial charge in [-0.15, -0.1) is 0 Å². The van der Waals surface area contributed by atoms with E-state index in [9.17, 15) is 0 Å². The van der Waals surface area contributed by atoms with Crippen molar-refractivity contribution in [3.8, 4) is 0 Å². The Morgan fingerprint density at radius 1 is 1.23 bits per heavy atom. The first-order chi connectivity index (χ1) is 6.13. The summed E-state index contributed by atoms with van der Waals surface area (Å²) in [6.07, 6.45) is 1.05. The molecule has 0 amide bonds. The van der Waals surface area contributed by atoms with Gasteiger partial charge in [0.15, 0.2) is 0 Å². The molecule has 0 saturated carbocycles. The number of hydrogen-bond acceptors (Lipinski definition) is 1. The van der Waals surface area contributed by atoms with E-state index in [4.69, 9.17) is 5.11 Å². The van der Waals surface area contributed by atoms with Crippen LogP contribution in [-0.2, 0) is 13.0 Å². The molecule has 1 rings (SSSR count). The fraction of sp³-hybridized carbons (Fsp3) is 0.500. The topological polar surface area (TPSA) is 20.2 Å². The Kier molecular flexibility index (Phi) is 3.49. The molecule has 0 unspecified atom stereocenters. The first-order valence-electron chi connectivity index (χ1n) is 4.82. The summed E-state index contributed by atoms with van der Waals surface area (Å²) in [5.74, 6) is 0.646. The summed E-state index contributed by atoms with van der Waals surface area (Å²) in [5, 5.41) is 9.16. The lowest BCUT2D eigenvalue weighted by atomic mass is 9.97. The molecular weight excluding hydrogens is 160 g/mol. The van der Waals surface area contributed by atoms with E-state index >= 15 is 0 Å². The van der Waals surface area contributed by atoms with Crippen LogP contribution in [0.1, 0.15) is 30.5 Å². The number of benzene rings is 1. The van der Waals surface area contributed by atoms with Gasteiger partial charge in [0.05, 0.1) is 6.61 Å². The molecule has 1 aromatic carbocycles. The van der Waals surface area contributed by atoms with E-state index in [-0.39, 0.29) is 6.61 Å². The zero-order chi connectivity index (χ0) is 9.84. The summed E-state index contributed by atoms with van der Waals surface area (Å²) < 4.78 is 0. The Morgan fingerprint density at radius 3 is 2.46 bits per heavy atom. The van der Waals surface area contributed by atoms with E-state index in [1.54, 1.807) is 0 Å². The number of aryl methyl sites for hydroxylation is 1. The minimum Gasteiger partial charge on any atom is -0.392 e. The lowest BCUT2D eigenvalue weighted by molar-refractivity contribution is 0.280. The van der Waals surface area contributed by atoms with E-state index in [1.807, 2.05) is 0 Å². The van der Waals surface area contributed by atoms with Crippen molar-refractivity contribution in [1.82, 2.24) is 0 Å². The second kappa shape index (κ2) is 4.43. The van der Waals surface area contributed by atoms with E-state index in [0.717, 1.165) is 12.0 Å². The first-order valence-corrected chi connectivity index (χ1v) is 4.82. The lowest BCUT2D eigenvalue weighted by Gasteiger charge is -2.10. The Labute approximate surface area is 80.4 Å². The highest BCUT2D eigenvalue weighted by molar-refractivity contribution is 5.31. The van der Waals surface area contributed by atoms with Crippen LogP contribution in [-0.4, -0.2) is 5.11 Å². The molecule has 1 heteroatoms. The van der Waals surface area contributed by atoms with Crippen molar-refractivity contribution in [2.24, 2.45) is 5.92 Å². The standard InChI is InChI=1S/C12H18O/c1-9(2)6-11-5-4-10(3)7-12(11)8-13/h4-5,7,9,13H,6,8H2,1-3H3. The van der Waals surface area contributed by atoms with Gasteiger partial charge in [0, 0.05) is 0 Å². The van der Waals surface area contributed by atoms with Crippen molar-refractivity contribution in [2.45, 2.75) is 33.8 Å². The molecular formula is C12H18O. The highest BCUT2D eigenvalue weighted by Crippen LogP contribution is 2.15. The van der Waals surface area contributed by atoms with E-state index in [2.05, 4.69) is 39.0 Å². The molecule has 1 N–H and O–H groups in total. The molecule has 0 spiro atoms. The summed E-state index contributed by atoms with van der Waals surface area (Å²) in [6.45, 7) is 6.60. The van der Waals surface area contributed by atoms with E-state index < -0.39 is 0 Å². The number of aliphatic hydroxyl groups excluding tert-OH is 1. The fourth-order valence-electron chi connectivity index (χ4n) is 1.54. The third kappa shape index (κ3) is 2.85. The van der Waals surface area contributed by atoms with Crippen LogP contribution in [0.25, 0.3) is 0 Å². The summed E-state index contributed by atoms with van der Waals surface area (Å²) in [7, 11) is 0. The van der Waals surface area contributed by atoms with Gasteiger partial charge in [-0.25, -0.2) is 0 Å². The number of aliphatic hydroxyl groups is 1. The molecule has 1 aromatic rings. The van der Waals surface area contributed by atoms with Crippen LogP contribution in [0.5, 0.6) is 0 Å². The third-order valence-corrected chi connectivity index (χ3v) is 2.16. The van der Waals surface area contributed by atoms with Gasteiger partial charge in [-0.3, -0.25) is 0 Å². The van der Waals surface area contributed by atoms with Crippen molar-refractivity contribution in [3.63, 3.8) is 0 Å². The van der Waals surface area contributed by atoms with Crippen LogP contribution >= 0.6 is 0 Å². The molecule has 0 saturated heterocycles. The smallest absolute Gasteiger partial charge is 0.0684 e. The van der Waals surface area contributed by atoms with Gasteiger partial charge in [-0.1, -0.05) is 37.6 Å². The molecule has 72 valence electrons. The summed E-state index contributed by atoms with van der Waals surface area (Å²) in [6, 6.07) is 6.30. The second-order valence-electron chi connectivity index (χ2n) is 4.03. The fourth-order valence-corrected chi connectivity index (χ4v) is 1.54. The second-order valence-corrected chi connectivity index (χ2v) is 4.03. The van der Waals surface area contributed by atoms with Gasteiger partial charge in [-0.05, 0) is 30.4 Å². The molecule has 0 aliphatic rings. The molecule has 0 atom stereocenters. The van der Waals surface area contributed by atoms with Gasteiger partial charge in [0.2, 0.25) is 0 Å². The maximum atomic E-state index is 9.16. The molecule has 1 nitrogen and oxygen atoms in total. The van der Waals surface area contributed by atoms with Crippen LogP contribution < -0.4 is 0 Å². The number of hydrogen-bond donors (Lipinski definition) is 1. The predicted octanol–water partition coefficient (Wildman–Crippen LogP) is 2.69. The highest BCUT2D eigenvalue weighted by atomic mass is 16.3. The van der Waals surface area contributed by atoms with E-state index in [1.165, 1.54) is 11.1 Å². The number of rotatable bonds is 3. The molecule has 0 bridgehead atoms. The molecule has 0 fully saturated rings. The first kappa shape index (κ1) is 10.3. The third-order valence-electron chi connectivity index (χ3n) is 2.16. The molecule has 13 heavy (non-hydrogen) atoms. The average molecular weight is 178 g/mol.